The predicted octanol–water partition coefficient (Wildman–Crippen LogP) is 2.05. The zero-order chi connectivity index (χ0) is 19.2. The summed E-state index contributed by atoms with van der Waals surface area (Å²) in [6, 6.07) is 0.573. The van der Waals surface area contributed by atoms with Crippen molar-refractivity contribution in [2.45, 2.75) is 25.8 Å². The van der Waals surface area contributed by atoms with Gasteiger partial charge in [0.15, 0.2) is 5.96 Å². The number of nitrogens with one attached hydrogen (secondary N) is 1. The van der Waals surface area contributed by atoms with Gasteiger partial charge in [-0.05, 0) is 49.3 Å². The predicted molar refractivity (Wildman–Crippen MR) is 127 cm³/mol. The summed E-state index contributed by atoms with van der Waals surface area (Å²) in [6.07, 6.45) is 4.27. The average molecular weight is 568 g/mol. The zero-order valence-electron chi connectivity index (χ0n) is 16.9. The van der Waals surface area contributed by atoms with Crippen LogP contribution in [-0.4, -0.2) is 91.7 Å². The van der Waals surface area contributed by atoms with Gasteiger partial charge in [0, 0.05) is 38.8 Å². The fourth-order valence-electron chi connectivity index (χ4n) is 3.58. The van der Waals surface area contributed by atoms with E-state index in [0.717, 1.165) is 49.7 Å². The molecule has 0 bridgehead atoms. The largest absolute Gasteiger partial charge is 0.480 e. The van der Waals surface area contributed by atoms with Crippen LogP contribution < -0.4 is 15.0 Å². The Morgan fingerprint density at radius 2 is 2.07 bits per heavy atom. The maximum atomic E-state index is 5.29. The minimum Gasteiger partial charge on any atom is -0.480 e. The van der Waals surface area contributed by atoms with E-state index in [1.165, 1.54) is 19.4 Å². The van der Waals surface area contributed by atoms with Gasteiger partial charge in [-0.2, -0.15) is 4.98 Å². The summed E-state index contributed by atoms with van der Waals surface area (Å²) in [4.78, 5) is 20.8. The lowest BCUT2D eigenvalue weighted by atomic mass is 10.2. The molecule has 2 aliphatic heterocycles. The molecule has 1 unspecified atom stereocenters. The lowest BCUT2D eigenvalue weighted by Gasteiger charge is -2.36. The van der Waals surface area contributed by atoms with Crippen molar-refractivity contribution >= 4 is 51.8 Å². The van der Waals surface area contributed by atoms with Crippen LogP contribution in [0.25, 0.3) is 0 Å². The molecule has 2 fully saturated rings. The second kappa shape index (κ2) is 11.3. The summed E-state index contributed by atoms with van der Waals surface area (Å²) in [6.45, 7) is 8.57. The summed E-state index contributed by atoms with van der Waals surface area (Å²) in [5, 5.41) is 3.45. The van der Waals surface area contributed by atoms with Crippen molar-refractivity contribution < 1.29 is 4.74 Å². The third-order valence-electron chi connectivity index (χ3n) is 5.21. The lowest BCUT2D eigenvalue weighted by molar-refractivity contribution is 0.314. The monoisotopic (exact) mass is 567 g/mol. The van der Waals surface area contributed by atoms with Gasteiger partial charge in [0.05, 0.1) is 24.3 Å². The van der Waals surface area contributed by atoms with Crippen molar-refractivity contribution in [3.05, 3.63) is 10.7 Å². The molecular weight excluding hydrogens is 537 g/mol. The number of methoxy groups -OCH3 is 1. The van der Waals surface area contributed by atoms with E-state index in [9.17, 15) is 0 Å². The van der Waals surface area contributed by atoms with Crippen LogP contribution in [0.15, 0.2) is 15.7 Å². The Bertz CT molecular complexity index is 655. The minimum atomic E-state index is 0. The Balaban J connectivity index is 0.00000280. The van der Waals surface area contributed by atoms with E-state index in [4.69, 9.17) is 9.73 Å². The van der Waals surface area contributed by atoms with Gasteiger partial charge < -0.3 is 24.8 Å². The molecule has 2 aliphatic rings. The smallest absolute Gasteiger partial charge is 0.232 e. The van der Waals surface area contributed by atoms with E-state index >= 15 is 0 Å². The maximum absolute atomic E-state index is 5.29. The Morgan fingerprint density at radius 1 is 1.32 bits per heavy atom. The molecule has 1 N–H and O–H groups in total. The first-order valence-electron chi connectivity index (χ1n) is 9.67. The van der Waals surface area contributed by atoms with Crippen LogP contribution in [0.2, 0.25) is 0 Å². The molecule has 3 rings (SSSR count). The number of anilines is 1. The molecule has 1 aromatic rings. The highest BCUT2D eigenvalue weighted by Gasteiger charge is 2.24. The normalized spacial score (nSPS) is 20.9. The second-order valence-electron chi connectivity index (χ2n) is 6.97. The molecule has 0 aliphatic carbocycles. The van der Waals surface area contributed by atoms with Crippen molar-refractivity contribution in [2.24, 2.45) is 4.99 Å². The van der Waals surface area contributed by atoms with Gasteiger partial charge in [0.1, 0.15) is 0 Å². The molecule has 28 heavy (non-hydrogen) atoms. The van der Waals surface area contributed by atoms with Crippen molar-refractivity contribution in [1.82, 2.24) is 25.1 Å². The molecular formula is C18H31BrIN7O. The first-order chi connectivity index (χ1) is 13.1. The number of piperazine rings is 1. The molecule has 1 aromatic heterocycles. The van der Waals surface area contributed by atoms with E-state index < -0.39 is 0 Å². The third-order valence-corrected chi connectivity index (χ3v) is 5.76. The first kappa shape index (κ1) is 23.4. The number of guanidine groups is 1. The number of hydrogen-bond acceptors (Lipinski definition) is 6. The Morgan fingerprint density at radius 3 is 2.68 bits per heavy atom. The second-order valence-corrected chi connectivity index (χ2v) is 7.83. The Kier molecular flexibility index (Phi) is 9.48. The van der Waals surface area contributed by atoms with E-state index in [1.807, 2.05) is 0 Å². The van der Waals surface area contributed by atoms with Gasteiger partial charge in [-0.1, -0.05) is 0 Å². The van der Waals surface area contributed by atoms with Gasteiger partial charge >= 0.3 is 0 Å². The van der Waals surface area contributed by atoms with Gasteiger partial charge in [-0.3, -0.25) is 4.99 Å². The van der Waals surface area contributed by atoms with Gasteiger partial charge in [0.2, 0.25) is 11.8 Å². The molecule has 0 aromatic carbocycles. The van der Waals surface area contributed by atoms with Crippen LogP contribution in [0.5, 0.6) is 5.88 Å². The summed E-state index contributed by atoms with van der Waals surface area (Å²) < 4.78 is 6.06. The number of rotatable bonds is 5. The third kappa shape index (κ3) is 5.82. The summed E-state index contributed by atoms with van der Waals surface area (Å²) in [5.74, 6) is 2.30. The van der Waals surface area contributed by atoms with Gasteiger partial charge in [0.25, 0.3) is 0 Å². The number of aliphatic imine (C=N–C) groups is 1. The summed E-state index contributed by atoms with van der Waals surface area (Å²) in [7, 11) is 3.82. The van der Waals surface area contributed by atoms with Crippen molar-refractivity contribution in [2.75, 3.05) is 64.9 Å². The highest BCUT2D eigenvalue weighted by atomic mass is 127. The highest BCUT2D eigenvalue weighted by molar-refractivity contribution is 14.0. The Hall–Kier alpha value is -0.880. The molecule has 1 atom stereocenters. The number of aromatic nitrogens is 2. The van der Waals surface area contributed by atoms with E-state index in [2.05, 4.69) is 59.9 Å². The fourth-order valence-corrected chi connectivity index (χ4v) is 3.94. The number of hydrogen-bond donors (Lipinski definition) is 1. The molecule has 0 saturated carbocycles. The summed E-state index contributed by atoms with van der Waals surface area (Å²) >= 11 is 3.41. The molecule has 8 nitrogen and oxygen atoms in total. The van der Waals surface area contributed by atoms with Gasteiger partial charge in [-0.15, -0.1) is 24.0 Å². The van der Waals surface area contributed by atoms with Crippen LogP contribution in [-0.2, 0) is 0 Å². The summed E-state index contributed by atoms with van der Waals surface area (Å²) in [5.41, 5.74) is 0. The average Bonchev–Trinajstić information content (AvgIpc) is 3.10. The van der Waals surface area contributed by atoms with Crippen molar-refractivity contribution in [3.8, 4) is 5.88 Å². The number of nitrogens with zero attached hydrogens (tertiary/aromatic N) is 6. The first-order valence-corrected chi connectivity index (χ1v) is 10.5. The van der Waals surface area contributed by atoms with Crippen molar-refractivity contribution in [1.29, 1.82) is 0 Å². The number of likely N-dealkylation sites (N-methyl/N-ethyl adjacent to an activating group) is 1. The van der Waals surface area contributed by atoms with Gasteiger partial charge in [-0.25, -0.2) is 4.98 Å². The van der Waals surface area contributed by atoms with Crippen LogP contribution in [0.4, 0.5) is 5.95 Å². The molecule has 0 radical (unpaired) electrons. The molecule has 2 saturated heterocycles. The van der Waals surface area contributed by atoms with Crippen molar-refractivity contribution in [3.63, 3.8) is 0 Å². The molecule has 0 spiro atoms. The zero-order valence-corrected chi connectivity index (χ0v) is 20.8. The van der Waals surface area contributed by atoms with Crippen LogP contribution in [0.3, 0.4) is 0 Å². The SMILES string of the molecule is CCNC(=NCC1CCCN1C)N1CCN(c2ncc(Br)c(OC)n2)CC1.I. The Labute approximate surface area is 193 Å². The quantitative estimate of drug-likeness (QED) is 0.332. The van der Waals surface area contributed by atoms with E-state index in [1.54, 1.807) is 13.3 Å². The van der Waals surface area contributed by atoms with Crippen LogP contribution >= 0.6 is 39.9 Å². The molecule has 3 heterocycles. The number of ether oxygens (including phenoxy) is 1. The highest BCUT2D eigenvalue weighted by Crippen LogP contribution is 2.24. The molecule has 0 amide bonds. The van der Waals surface area contributed by atoms with E-state index in [-0.39, 0.29) is 24.0 Å². The molecule has 158 valence electrons. The minimum absolute atomic E-state index is 0. The lowest BCUT2D eigenvalue weighted by Crippen LogP contribution is -2.53. The standard InChI is InChI=1S/C18H30BrN7O.HI/c1-4-20-17(21-12-14-6-5-7-24(14)2)25-8-10-26(11-9-25)18-22-13-15(19)16(23-18)27-3;/h13-14H,4-12H2,1-3H3,(H,20,21);1H. The molecule has 10 heteroatoms. The van der Waals surface area contributed by atoms with Crippen LogP contribution in [0.1, 0.15) is 19.8 Å². The van der Waals surface area contributed by atoms with E-state index in [0.29, 0.717) is 17.9 Å². The number of likely N-dealkylation sites (tertiary alicyclic amines) is 1. The topological polar surface area (TPSA) is 69.1 Å². The number of halogens is 2. The van der Waals surface area contributed by atoms with Crippen LogP contribution in [0, 0.1) is 0 Å². The maximum Gasteiger partial charge on any atom is 0.232 e. The fraction of sp³-hybridized carbons (Fsp3) is 0.722.